The second-order valence-electron chi connectivity index (χ2n) is 5.21. The van der Waals surface area contributed by atoms with Gasteiger partial charge in [-0.3, -0.25) is 4.79 Å². The third-order valence-corrected chi connectivity index (χ3v) is 3.71. The van der Waals surface area contributed by atoms with Gasteiger partial charge in [-0.1, -0.05) is 0 Å². The molecule has 0 aromatic heterocycles. The third kappa shape index (κ3) is 3.87. The molecule has 0 spiro atoms. The zero-order valence-electron chi connectivity index (χ0n) is 12.1. The van der Waals surface area contributed by atoms with Crippen molar-refractivity contribution in [2.75, 3.05) is 44.3 Å². The van der Waals surface area contributed by atoms with Crippen molar-refractivity contribution in [2.24, 2.45) is 0 Å². The maximum Gasteiger partial charge on any atom is 0.251 e. The summed E-state index contributed by atoms with van der Waals surface area (Å²) in [5.74, 6) is -0.0925. The highest BCUT2D eigenvalue weighted by molar-refractivity contribution is 5.96. The van der Waals surface area contributed by atoms with Gasteiger partial charge in [0.15, 0.2) is 0 Å². The number of nitrogens with zero attached hydrogens (tertiary/aromatic N) is 1. The van der Waals surface area contributed by atoms with Crippen LogP contribution in [0.25, 0.3) is 0 Å². The molecule has 110 valence electrons. The molecule has 1 amide bonds. The summed E-state index contributed by atoms with van der Waals surface area (Å²) >= 11 is 0. The average Bonchev–Trinajstić information content (AvgIpc) is 2.97. The number of rotatable bonds is 6. The molecule has 1 aromatic rings. The molecular formula is C15H24N4O. The Morgan fingerprint density at radius 3 is 2.80 bits per heavy atom. The second kappa shape index (κ2) is 7.14. The Morgan fingerprint density at radius 2 is 2.10 bits per heavy atom. The molecule has 0 radical (unpaired) electrons. The molecule has 0 aliphatic carbocycles. The summed E-state index contributed by atoms with van der Waals surface area (Å²) in [5, 5.41) is 5.94. The van der Waals surface area contributed by atoms with Crippen LogP contribution in [0.5, 0.6) is 0 Å². The van der Waals surface area contributed by atoms with Crippen molar-refractivity contribution >= 4 is 17.3 Å². The molecule has 1 aliphatic heterocycles. The van der Waals surface area contributed by atoms with Crippen LogP contribution < -0.4 is 16.4 Å². The van der Waals surface area contributed by atoms with Gasteiger partial charge in [0.25, 0.3) is 5.91 Å². The van der Waals surface area contributed by atoms with E-state index in [1.54, 1.807) is 19.2 Å². The van der Waals surface area contributed by atoms with E-state index in [0.717, 1.165) is 25.2 Å². The predicted molar refractivity (Wildman–Crippen MR) is 83.0 cm³/mol. The lowest BCUT2D eigenvalue weighted by Gasteiger charge is -2.15. The van der Waals surface area contributed by atoms with Crippen LogP contribution in [0.3, 0.4) is 0 Å². The molecule has 4 N–H and O–H groups in total. The molecule has 1 fully saturated rings. The van der Waals surface area contributed by atoms with Gasteiger partial charge in [0.05, 0.1) is 11.4 Å². The number of anilines is 2. The van der Waals surface area contributed by atoms with Crippen molar-refractivity contribution in [2.45, 2.75) is 19.3 Å². The Kier molecular flexibility index (Phi) is 5.24. The van der Waals surface area contributed by atoms with Gasteiger partial charge in [0.2, 0.25) is 0 Å². The summed E-state index contributed by atoms with van der Waals surface area (Å²) in [6.45, 7) is 4.46. The zero-order valence-corrected chi connectivity index (χ0v) is 12.1. The molecular weight excluding hydrogens is 252 g/mol. The molecule has 0 unspecified atom stereocenters. The molecule has 0 saturated carbocycles. The monoisotopic (exact) mass is 276 g/mol. The Labute approximate surface area is 120 Å². The van der Waals surface area contributed by atoms with Gasteiger partial charge >= 0.3 is 0 Å². The van der Waals surface area contributed by atoms with Crippen LogP contribution in [0, 0.1) is 0 Å². The number of benzene rings is 1. The number of hydrogen-bond donors (Lipinski definition) is 3. The summed E-state index contributed by atoms with van der Waals surface area (Å²) in [6, 6.07) is 5.32. The number of hydrogen-bond acceptors (Lipinski definition) is 4. The van der Waals surface area contributed by atoms with Crippen molar-refractivity contribution in [3.63, 3.8) is 0 Å². The quantitative estimate of drug-likeness (QED) is 0.544. The van der Waals surface area contributed by atoms with Crippen LogP contribution in [0.2, 0.25) is 0 Å². The van der Waals surface area contributed by atoms with Gasteiger partial charge < -0.3 is 21.3 Å². The van der Waals surface area contributed by atoms with Gasteiger partial charge in [-0.2, -0.15) is 0 Å². The van der Waals surface area contributed by atoms with Crippen molar-refractivity contribution < 1.29 is 4.79 Å². The van der Waals surface area contributed by atoms with E-state index in [4.69, 9.17) is 5.73 Å². The number of nitrogen functional groups attached to an aromatic ring is 1. The normalized spacial score (nSPS) is 15.2. The Balaban J connectivity index is 1.83. The molecule has 1 heterocycles. The molecule has 1 saturated heterocycles. The lowest BCUT2D eigenvalue weighted by molar-refractivity contribution is 0.0963. The number of nitrogens with two attached hydrogens (primary N) is 1. The molecule has 0 atom stereocenters. The van der Waals surface area contributed by atoms with Crippen molar-refractivity contribution in [3.05, 3.63) is 23.8 Å². The first-order valence-electron chi connectivity index (χ1n) is 7.28. The first kappa shape index (κ1) is 14.7. The number of carbonyl (C=O) groups excluding carboxylic acids is 1. The minimum absolute atomic E-state index is 0.0925. The van der Waals surface area contributed by atoms with E-state index in [1.165, 1.54) is 25.9 Å². The summed E-state index contributed by atoms with van der Waals surface area (Å²) in [5.41, 5.74) is 8.08. The fourth-order valence-electron chi connectivity index (χ4n) is 2.53. The van der Waals surface area contributed by atoms with Crippen molar-refractivity contribution in [1.29, 1.82) is 0 Å². The van der Waals surface area contributed by atoms with E-state index in [0.29, 0.717) is 11.3 Å². The maximum absolute atomic E-state index is 11.6. The first-order chi connectivity index (χ1) is 9.70. The van der Waals surface area contributed by atoms with Crippen LogP contribution in [-0.4, -0.2) is 44.0 Å². The summed E-state index contributed by atoms with van der Waals surface area (Å²) in [4.78, 5) is 14.1. The highest BCUT2D eigenvalue weighted by atomic mass is 16.1. The molecule has 5 nitrogen and oxygen atoms in total. The minimum Gasteiger partial charge on any atom is -0.397 e. The number of likely N-dealkylation sites (tertiary alicyclic amines) is 1. The first-order valence-corrected chi connectivity index (χ1v) is 7.28. The van der Waals surface area contributed by atoms with E-state index in [-0.39, 0.29) is 5.91 Å². The van der Waals surface area contributed by atoms with Crippen LogP contribution in [0.1, 0.15) is 29.6 Å². The molecule has 5 heteroatoms. The highest BCUT2D eigenvalue weighted by Gasteiger charge is 2.10. The second-order valence-corrected chi connectivity index (χ2v) is 5.21. The summed E-state index contributed by atoms with van der Waals surface area (Å²) < 4.78 is 0. The minimum atomic E-state index is -0.0925. The lowest BCUT2D eigenvalue weighted by Crippen LogP contribution is -2.22. The summed E-state index contributed by atoms with van der Waals surface area (Å²) in [7, 11) is 1.63. The number of nitrogens with one attached hydrogen (secondary N) is 2. The number of carbonyl (C=O) groups is 1. The SMILES string of the molecule is CNC(=O)c1ccc(N)c(NCCCN2CCCC2)c1. The third-order valence-electron chi connectivity index (χ3n) is 3.71. The Hall–Kier alpha value is -1.75. The van der Waals surface area contributed by atoms with Crippen LogP contribution in [0.15, 0.2) is 18.2 Å². The van der Waals surface area contributed by atoms with Gasteiger partial charge in [-0.05, 0) is 57.1 Å². The standard InChI is InChI=1S/C15H24N4O/c1-17-15(20)12-5-6-13(16)14(11-12)18-7-4-10-19-8-2-3-9-19/h5-6,11,18H,2-4,7-10,16H2,1H3,(H,17,20). The molecule has 0 bridgehead atoms. The van der Waals surface area contributed by atoms with E-state index in [9.17, 15) is 4.79 Å². The highest BCUT2D eigenvalue weighted by Crippen LogP contribution is 2.20. The van der Waals surface area contributed by atoms with E-state index in [1.807, 2.05) is 6.07 Å². The van der Waals surface area contributed by atoms with Crippen molar-refractivity contribution in [3.8, 4) is 0 Å². The smallest absolute Gasteiger partial charge is 0.251 e. The Bertz CT molecular complexity index is 455. The summed E-state index contributed by atoms with van der Waals surface area (Å²) in [6.07, 6.45) is 3.74. The fraction of sp³-hybridized carbons (Fsp3) is 0.533. The van der Waals surface area contributed by atoms with E-state index in [2.05, 4.69) is 15.5 Å². The molecule has 1 aromatic carbocycles. The molecule has 2 rings (SSSR count). The topological polar surface area (TPSA) is 70.4 Å². The zero-order chi connectivity index (χ0) is 14.4. The fourth-order valence-corrected chi connectivity index (χ4v) is 2.53. The van der Waals surface area contributed by atoms with Gasteiger partial charge in [-0.15, -0.1) is 0 Å². The largest absolute Gasteiger partial charge is 0.397 e. The van der Waals surface area contributed by atoms with Crippen LogP contribution in [0.4, 0.5) is 11.4 Å². The van der Waals surface area contributed by atoms with Crippen molar-refractivity contribution in [1.82, 2.24) is 10.2 Å². The van der Waals surface area contributed by atoms with E-state index >= 15 is 0 Å². The predicted octanol–water partition coefficient (Wildman–Crippen LogP) is 1.53. The van der Waals surface area contributed by atoms with Gasteiger partial charge in [-0.25, -0.2) is 0 Å². The van der Waals surface area contributed by atoms with Gasteiger partial charge in [0.1, 0.15) is 0 Å². The lowest BCUT2D eigenvalue weighted by atomic mass is 10.1. The van der Waals surface area contributed by atoms with Crippen LogP contribution in [-0.2, 0) is 0 Å². The van der Waals surface area contributed by atoms with Gasteiger partial charge in [0, 0.05) is 19.2 Å². The average molecular weight is 276 g/mol. The molecule has 20 heavy (non-hydrogen) atoms. The maximum atomic E-state index is 11.6. The molecule has 1 aliphatic rings. The van der Waals surface area contributed by atoms with Crippen LogP contribution >= 0.6 is 0 Å². The number of amides is 1. The van der Waals surface area contributed by atoms with E-state index < -0.39 is 0 Å². The Morgan fingerprint density at radius 1 is 1.35 bits per heavy atom.